The molecule has 18 heavy (non-hydrogen) atoms. The summed E-state index contributed by atoms with van der Waals surface area (Å²) < 4.78 is 0. The number of nitrogens with one attached hydrogen (secondary N) is 1. The van der Waals surface area contributed by atoms with Gasteiger partial charge in [-0.3, -0.25) is 4.99 Å². The molecular weight excluding hydrogens is 240 g/mol. The molecule has 0 amide bonds. The first-order valence-electron chi connectivity index (χ1n) is 7.64. The molecule has 1 heterocycles. The van der Waals surface area contributed by atoms with E-state index >= 15 is 0 Å². The first-order valence-corrected chi connectivity index (χ1v) is 8.52. The van der Waals surface area contributed by atoms with E-state index in [1.54, 1.807) is 0 Å². The molecule has 0 spiro atoms. The fourth-order valence-electron chi connectivity index (χ4n) is 2.91. The third-order valence-corrected chi connectivity index (χ3v) is 6.00. The third-order valence-electron chi connectivity index (χ3n) is 4.51. The van der Waals surface area contributed by atoms with Gasteiger partial charge in [-0.1, -0.05) is 51.8 Å². The Kier molecular flexibility index (Phi) is 5.40. The summed E-state index contributed by atoms with van der Waals surface area (Å²) in [7, 11) is 0. The standard InChI is InChI=1S/C15H28N2S/c1-4-12-5-7-13(8-6-12)9-16-15-17-10-14(18-15)11(2)3/h11-14H,4-10H2,1-3H3,(H,16,17). The summed E-state index contributed by atoms with van der Waals surface area (Å²) in [5.41, 5.74) is 0. The Balaban J connectivity index is 1.64. The van der Waals surface area contributed by atoms with Crippen LogP contribution in [0.5, 0.6) is 0 Å². The van der Waals surface area contributed by atoms with Crippen LogP contribution in [0, 0.1) is 17.8 Å². The molecule has 1 saturated carbocycles. The molecule has 0 radical (unpaired) electrons. The summed E-state index contributed by atoms with van der Waals surface area (Å²) in [6.07, 6.45) is 7.08. The zero-order valence-corrected chi connectivity index (χ0v) is 12.9. The van der Waals surface area contributed by atoms with Crippen molar-refractivity contribution in [1.29, 1.82) is 0 Å². The Hall–Kier alpha value is -0.180. The third kappa shape index (κ3) is 3.91. The maximum atomic E-state index is 4.62. The largest absolute Gasteiger partial charge is 0.365 e. The van der Waals surface area contributed by atoms with E-state index in [1.165, 1.54) is 37.3 Å². The van der Waals surface area contributed by atoms with E-state index in [-0.39, 0.29) is 0 Å². The zero-order chi connectivity index (χ0) is 13.0. The molecule has 3 heteroatoms. The van der Waals surface area contributed by atoms with Gasteiger partial charge in [-0.05, 0) is 30.6 Å². The first-order chi connectivity index (χ1) is 8.69. The van der Waals surface area contributed by atoms with Crippen LogP contribution >= 0.6 is 11.8 Å². The van der Waals surface area contributed by atoms with Crippen molar-refractivity contribution >= 4 is 16.9 Å². The van der Waals surface area contributed by atoms with Crippen LogP contribution in [0.15, 0.2) is 4.99 Å². The summed E-state index contributed by atoms with van der Waals surface area (Å²) in [6, 6.07) is 0. The molecule has 1 aliphatic heterocycles. The Morgan fingerprint density at radius 2 is 1.89 bits per heavy atom. The molecule has 2 aliphatic rings. The van der Waals surface area contributed by atoms with Crippen molar-refractivity contribution in [2.45, 2.75) is 58.1 Å². The number of rotatable bonds is 4. The Labute approximate surface area is 116 Å². The monoisotopic (exact) mass is 268 g/mol. The molecule has 1 N–H and O–H groups in total. The number of amidine groups is 1. The topological polar surface area (TPSA) is 24.4 Å². The molecule has 2 nitrogen and oxygen atoms in total. The van der Waals surface area contributed by atoms with Gasteiger partial charge in [0.1, 0.15) is 0 Å². The van der Waals surface area contributed by atoms with Gasteiger partial charge in [-0.25, -0.2) is 0 Å². The van der Waals surface area contributed by atoms with Gasteiger partial charge in [0.2, 0.25) is 0 Å². The van der Waals surface area contributed by atoms with Crippen LogP contribution in [0.4, 0.5) is 0 Å². The van der Waals surface area contributed by atoms with Crippen molar-refractivity contribution in [2.75, 3.05) is 13.1 Å². The van der Waals surface area contributed by atoms with Gasteiger partial charge in [0, 0.05) is 11.8 Å². The smallest absolute Gasteiger partial charge is 0.156 e. The molecule has 0 aromatic rings. The second kappa shape index (κ2) is 6.83. The van der Waals surface area contributed by atoms with Crippen LogP contribution in [-0.4, -0.2) is 23.5 Å². The van der Waals surface area contributed by atoms with E-state index in [0.29, 0.717) is 5.25 Å². The van der Waals surface area contributed by atoms with E-state index in [4.69, 9.17) is 0 Å². The molecule has 0 saturated heterocycles. The van der Waals surface area contributed by atoms with E-state index in [2.05, 4.69) is 31.1 Å². The van der Waals surface area contributed by atoms with Crippen molar-refractivity contribution < 1.29 is 0 Å². The average molecular weight is 268 g/mol. The Morgan fingerprint density at radius 1 is 1.22 bits per heavy atom. The molecule has 1 unspecified atom stereocenters. The molecule has 2 rings (SSSR count). The van der Waals surface area contributed by atoms with Crippen molar-refractivity contribution in [3.8, 4) is 0 Å². The summed E-state index contributed by atoms with van der Waals surface area (Å²) in [6.45, 7) is 9.07. The number of thioether (sulfide) groups is 1. The highest BCUT2D eigenvalue weighted by Gasteiger charge is 2.24. The van der Waals surface area contributed by atoms with Crippen LogP contribution in [-0.2, 0) is 0 Å². The van der Waals surface area contributed by atoms with E-state index < -0.39 is 0 Å². The molecule has 104 valence electrons. The van der Waals surface area contributed by atoms with Crippen LogP contribution < -0.4 is 5.32 Å². The number of hydrogen-bond donors (Lipinski definition) is 1. The fraction of sp³-hybridized carbons (Fsp3) is 0.933. The maximum Gasteiger partial charge on any atom is 0.156 e. The summed E-state index contributed by atoms with van der Waals surface area (Å²) in [5, 5.41) is 5.48. The van der Waals surface area contributed by atoms with E-state index in [9.17, 15) is 0 Å². The minimum Gasteiger partial charge on any atom is -0.365 e. The lowest BCUT2D eigenvalue weighted by molar-refractivity contribution is 0.269. The zero-order valence-electron chi connectivity index (χ0n) is 12.1. The summed E-state index contributed by atoms with van der Waals surface area (Å²) in [5.74, 6) is 2.62. The normalized spacial score (nSPS) is 32.7. The number of nitrogens with zero attached hydrogens (tertiary/aromatic N) is 1. The lowest BCUT2D eigenvalue weighted by Crippen LogP contribution is -2.29. The molecule has 1 fully saturated rings. The minimum absolute atomic E-state index is 0.698. The quantitative estimate of drug-likeness (QED) is 0.835. The van der Waals surface area contributed by atoms with Crippen molar-refractivity contribution in [2.24, 2.45) is 22.7 Å². The lowest BCUT2D eigenvalue weighted by atomic mass is 9.81. The van der Waals surface area contributed by atoms with Crippen molar-refractivity contribution in [3.63, 3.8) is 0 Å². The van der Waals surface area contributed by atoms with Gasteiger partial charge in [-0.15, -0.1) is 0 Å². The minimum atomic E-state index is 0.698. The molecule has 0 bridgehead atoms. The number of aliphatic imine (C=N–C) groups is 1. The van der Waals surface area contributed by atoms with Crippen LogP contribution in [0.1, 0.15) is 52.9 Å². The Bertz CT molecular complexity index is 280. The van der Waals surface area contributed by atoms with E-state index in [0.717, 1.165) is 30.8 Å². The SMILES string of the molecule is CCC1CCC(CNC2=NCC(C(C)C)S2)CC1. The summed E-state index contributed by atoms with van der Waals surface area (Å²) in [4.78, 5) is 4.62. The maximum absolute atomic E-state index is 4.62. The highest BCUT2D eigenvalue weighted by molar-refractivity contribution is 8.14. The molecule has 0 aromatic heterocycles. The second-order valence-electron chi connectivity index (χ2n) is 6.22. The highest BCUT2D eigenvalue weighted by Crippen LogP contribution is 2.31. The Morgan fingerprint density at radius 3 is 2.44 bits per heavy atom. The molecular formula is C15H28N2S. The lowest BCUT2D eigenvalue weighted by Gasteiger charge is -2.28. The van der Waals surface area contributed by atoms with E-state index in [1.807, 2.05) is 11.8 Å². The van der Waals surface area contributed by atoms with Crippen molar-refractivity contribution in [3.05, 3.63) is 0 Å². The van der Waals surface area contributed by atoms with Gasteiger partial charge in [0.25, 0.3) is 0 Å². The molecule has 0 aromatic carbocycles. The molecule has 1 aliphatic carbocycles. The van der Waals surface area contributed by atoms with Gasteiger partial charge in [0.15, 0.2) is 5.17 Å². The van der Waals surface area contributed by atoms with Gasteiger partial charge in [0.05, 0.1) is 6.54 Å². The van der Waals surface area contributed by atoms with Crippen LogP contribution in [0.3, 0.4) is 0 Å². The summed E-state index contributed by atoms with van der Waals surface area (Å²) >= 11 is 1.95. The fourth-order valence-corrected chi connectivity index (χ4v) is 3.93. The first kappa shape index (κ1) is 14.2. The average Bonchev–Trinajstić information content (AvgIpc) is 2.86. The molecule has 1 atom stereocenters. The second-order valence-corrected chi connectivity index (χ2v) is 7.45. The predicted octanol–water partition coefficient (Wildman–Crippen LogP) is 3.92. The predicted molar refractivity (Wildman–Crippen MR) is 82.3 cm³/mol. The van der Waals surface area contributed by atoms with Crippen LogP contribution in [0.25, 0.3) is 0 Å². The van der Waals surface area contributed by atoms with Crippen LogP contribution in [0.2, 0.25) is 0 Å². The van der Waals surface area contributed by atoms with Gasteiger partial charge >= 0.3 is 0 Å². The van der Waals surface area contributed by atoms with Gasteiger partial charge in [-0.2, -0.15) is 0 Å². The van der Waals surface area contributed by atoms with Crippen molar-refractivity contribution in [1.82, 2.24) is 5.32 Å². The number of hydrogen-bond acceptors (Lipinski definition) is 3. The van der Waals surface area contributed by atoms with Gasteiger partial charge < -0.3 is 5.32 Å². The highest BCUT2D eigenvalue weighted by atomic mass is 32.2.